The SMILES string of the molecule is c1ccc(-c2cccc(-c3ccc4c(-n5c6ccccc6c6cc7ccccc7cc65)ccc(-c5nc(-c6ccccc6)nc(-c6ccccc6)n5)c4c3)c2)cc1. The summed E-state index contributed by atoms with van der Waals surface area (Å²) >= 11 is 0. The molecule has 9 aromatic carbocycles. The number of hydrogen-bond acceptors (Lipinski definition) is 3. The molecule has 0 saturated heterocycles. The van der Waals surface area contributed by atoms with Crippen molar-refractivity contribution >= 4 is 43.4 Å². The lowest BCUT2D eigenvalue weighted by atomic mass is 9.94. The van der Waals surface area contributed by atoms with E-state index in [1.165, 1.54) is 38.2 Å². The van der Waals surface area contributed by atoms with Gasteiger partial charge in [-0.05, 0) is 80.9 Å². The van der Waals surface area contributed by atoms with Crippen LogP contribution in [0.5, 0.6) is 0 Å². The molecule has 0 aliphatic carbocycles. The van der Waals surface area contributed by atoms with Crippen LogP contribution in [0.25, 0.3) is 105 Å². The molecule has 0 fully saturated rings. The quantitative estimate of drug-likeness (QED) is 0.171. The van der Waals surface area contributed by atoms with Crippen LogP contribution >= 0.6 is 0 Å². The van der Waals surface area contributed by atoms with Gasteiger partial charge >= 0.3 is 0 Å². The van der Waals surface area contributed by atoms with E-state index in [1.54, 1.807) is 0 Å². The molecule has 0 saturated carbocycles. The summed E-state index contributed by atoms with van der Waals surface area (Å²) in [6.45, 7) is 0. The molecule has 11 aromatic rings. The van der Waals surface area contributed by atoms with Gasteiger partial charge in [0.2, 0.25) is 0 Å². The smallest absolute Gasteiger partial charge is 0.164 e. The molecule has 0 spiro atoms. The Bertz CT molecular complexity index is 3220. The molecular weight excluding hydrogens is 693 g/mol. The third-order valence-corrected chi connectivity index (χ3v) is 11.0. The second-order valence-corrected chi connectivity index (χ2v) is 14.4. The Morgan fingerprint density at radius 3 is 1.53 bits per heavy atom. The van der Waals surface area contributed by atoms with Gasteiger partial charge < -0.3 is 4.57 Å². The Morgan fingerprint density at radius 2 is 0.825 bits per heavy atom. The molecule has 0 atom stereocenters. The van der Waals surface area contributed by atoms with Crippen LogP contribution in [0, 0.1) is 0 Å². The lowest BCUT2D eigenvalue weighted by molar-refractivity contribution is 1.08. The summed E-state index contributed by atoms with van der Waals surface area (Å²) in [5.41, 5.74) is 10.9. The molecule has 11 rings (SSSR count). The van der Waals surface area contributed by atoms with E-state index in [-0.39, 0.29) is 0 Å². The van der Waals surface area contributed by atoms with E-state index in [2.05, 4.69) is 174 Å². The minimum absolute atomic E-state index is 0.627. The van der Waals surface area contributed by atoms with Gasteiger partial charge in [0.1, 0.15) is 0 Å². The van der Waals surface area contributed by atoms with Crippen LogP contribution in [0.15, 0.2) is 206 Å². The minimum Gasteiger partial charge on any atom is -0.309 e. The topological polar surface area (TPSA) is 43.6 Å². The first-order valence-electron chi connectivity index (χ1n) is 19.3. The zero-order valence-corrected chi connectivity index (χ0v) is 30.9. The van der Waals surface area contributed by atoms with Gasteiger partial charge in [0, 0.05) is 32.8 Å². The van der Waals surface area contributed by atoms with Crippen LogP contribution in [0.4, 0.5) is 0 Å². The molecule has 4 nitrogen and oxygen atoms in total. The maximum Gasteiger partial charge on any atom is 0.164 e. The van der Waals surface area contributed by atoms with Crippen molar-refractivity contribution in [3.63, 3.8) is 0 Å². The zero-order chi connectivity index (χ0) is 37.7. The first-order chi connectivity index (χ1) is 28.2. The first-order valence-corrected chi connectivity index (χ1v) is 19.3. The number of fused-ring (bicyclic) bond motifs is 5. The van der Waals surface area contributed by atoms with Gasteiger partial charge in [0.05, 0.1) is 16.7 Å². The van der Waals surface area contributed by atoms with Crippen LogP contribution in [0.2, 0.25) is 0 Å². The average molecular weight is 727 g/mol. The first kappa shape index (κ1) is 32.7. The monoisotopic (exact) mass is 726 g/mol. The molecule has 0 amide bonds. The van der Waals surface area contributed by atoms with Crippen molar-refractivity contribution < 1.29 is 0 Å². The van der Waals surface area contributed by atoms with Crippen molar-refractivity contribution in [2.45, 2.75) is 0 Å². The van der Waals surface area contributed by atoms with E-state index < -0.39 is 0 Å². The molecule has 4 heteroatoms. The lowest BCUT2D eigenvalue weighted by Gasteiger charge is -2.16. The lowest BCUT2D eigenvalue weighted by Crippen LogP contribution is -2.02. The van der Waals surface area contributed by atoms with Crippen molar-refractivity contribution in [2.24, 2.45) is 0 Å². The molecule has 0 unspecified atom stereocenters. The van der Waals surface area contributed by atoms with Crippen molar-refractivity contribution in [1.29, 1.82) is 0 Å². The number of nitrogens with zero attached hydrogens (tertiary/aromatic N) is 4. The Kier molecular flexibility index (Phi) is 7.78. The maximum absolute atomic E-state index is 5.20. The van der Waals surface area contributed by atoms with E-state index in [0.717, 1.165) is 49.8 Å². The van der Waals surface area contributed by atoms with Gasteiger partial charge in [-0.2, -0.15) is 0 Å². The summed E-state index contributed by atoms with van der Waals surface area (Å²) in [5.74, 6) is 1.90. The van der Waals surface area contributed by atoms with Crippen molar-refractivity contribution in [1.82, 2.24) is 19.5 Å². The van der Waals surface area contributed by atoms with Crippen molar-refractivity contribution in [3.05, 3.63) is 206 Å². The minimum atomic E-state index is 0.627. The molecule has 2 heterocycles. The Hall–Kier alpha value is -7.69. The molecule has 0 radical (unpaired) electrons. The highest BCUT2D eigenvalue weighted by atomic mass is 15.0. The summed E-state index contributed by atoms with van der Waals surface area (Å²) in [6.07, 6.45) is 0. The molecule has 57 heavy (non-hydrogen) atoms. The standard InChI is InChI=1S/C53H34N4/c1-4-15-35(16-5-1)38-23-14-24-39(31-38)42-27-28-44-46(32-42)45(53-55-51(36-17-6-2-7-18-36)54-52(56-53)37-19-8-3-9-20-37)29-30-49(44)57-48-26-13-12-25-43(48)47-33-40-21-10-11-22-41(40)34-50(47)57/h1-34H. The van der Waals surface area contributed by atoms with Gasteiger partial charge in [-0.3, -0.25) is 0 Å². The predicted octanol–water partition coefficient (Wildman–Crippen LogP) is 13.6. The Labute approximate surface area is 330 Å². The van der Waals surface area contributed by atoms with Crippen molar-refractivity contribution in [3.8, 4) is 62.1 Å². The normalized spacial score (nSPS) is 11.5. The van der Waals surface area contributed by atoms with Gasteiger partial charge in [-0.25, -0.2) is 15.0 Å². The molecule has 0 aliphatic heterocycles. The van der Waals surface area contributed by atoms with Crippen LogP contribution in [0.3, 0.4) is 0 Å². The highest BCUT2D eigenvalue weighted by Crippen LogP contribution is 2.41. The number of aromatic nitrogens is 4. The highest BCUT2D eigenvalue weighted by Gasteiger charge is 2.20. The number of hydrogen-bond donors (Lipinski definition) is 0. The maximum atomic E-state index is 5.20. The summed E-state index contributed by atoms with van der Waals surface area (Å²) in [7, 11) is 0. The fourth-order valence-corrected chi connectivity index (χ4v) is 8.25. The summed E-state index contributed by atoms with van der Waals surface area (Å²) in [6, 6.07) is 73.0. The fourth-order valence-electron chi connectivity index (χ4n) is 8.25. The average Bonchev–Trinajstić information content (AvgIpc) is 3.61. The van der Waals surface area contributed by atoms with Crippen LogP contribution in [-0.4, -0.2) is 19.5 Å². The van der Waals surface area contributed by atoms with Crippen molar-refractivity contribution in [2.75, 3.05) is 0 Å². The van der Waals surface area contributed by atoms with E-state index in [4.69, 9.17) is 15.0 Å². The predicted molar refractivity (Wildman–Crippen MR) is 236 cm³/mol. The molecule has 266 valence electrons. The Balaban J connectivity index is 1.20. The van der Waals surface area contributed by atoms with Crippen LogP contribution in [-0.2, 0) is 0 Å². The molecular formula is C53H34N4. The molecule has 0 N–H and O–H groups in total. The van der Waals surface area contributed by atoms with E-state index in [0.29, 0.717) is 17.5 Å². The third-order valence-electron chi connectivity index (χ3n) is 11.0. The van der Waals surface area contributed by atoms with Crippen LogP contribution < -0.4 is 0 Å². The van der Waals surface area contributed by atoms with E-state index in [1.807, 2.05) is 36.4 Å². The van der Waals surface area contributed by atoms with Gasteiger partial charge in [-0.15, -0.1) is 0 Å². The number of benzene rings is 9. The number of rotatable bonds is 6. The molecule has 0 aliphatic rings. The second-order valence-electron chi connectivity index (χ2n) is 14.4. The highest BCUT2D eigenvalue weighted by molar-refractivity contribution is 6.15. The third kappa shape index (κ3) is 5.74. The van der Waals surface area contributed by atoms with Gasteiger partial charge in [-0.1, -0.05) is 164 Å². The Morgan fingerprint density at radius 1 is 0.281 bits per heavy atom. The summed E-state index contributed by atoms with van der Waals surface area (Å²) < 4.78 is 2.43. The zero-order valence-electron chi connectivity index (χ0n) is 30.9. The summed E-state index contributed by atoms with van der Waals surface area (Å²) in [4.78, 5) is 15.4. The van der Waals surface area contributed by atoms with E-state index in [9.17, 15) is 0 Å². The molecule has 0 bridgehead atoms. The largest absolute Gasteiger partial charge is 0.309 e. The number of para-hydroxylation sites is 1. The van der Waals surface area contributed by atoms with Crippen LogP contribution in [0.1, 0.15) is 0 Å². The van der Waals surface area contributed by atoms with Gasteiger partial charge in [0.15, 0.2) is 17.5 Å². The molecule has 2 aromatic heterocycles. The second kappa shape index (κ2) is 13.6. The fraction of sp³-hybridized carbons (Fsp3) is 0. The van der Waals surface area contributed by atoms with Gasteiger partial charge in [0.25, 0.3) is 0 Å². The summed E-state index contributed by atoms with van der Waals surface area (Å²) in [5, 5.41) is 7.06. The van der Waals surface area contributed by atoms with E-state index >= 15 is 0 Å².